The second kappa shape index (κ2) is 5.66. The number of Topliss-reactive ketones (excluding diaryl/α,β-unsaturated/α-hetero) is 1. The van der Waals surface area contributed by atoms with E-state index in [9.17, 15) is 9.59 Å². The van der Waals surface area contributed by atoms with Gasteiger partial charge in [0.2, 0.25) is 0 Å². The van der Waals surface area contributed by atoms with Crippen LogP contribution in [0.15, 0.2) is 18.2 Å². The van der Waals surface area contributed by atoms with Gasteiger partial charge in [0.25, 0.3) is 5.91 Å². The molecule has 1 aromatic rings. The quantitative estimate of drug-likeness (QED) is 0.860. The molecule has 0 radical (unpaired) electrons. The maximum atomic E-state index is 12.5. The summed E-state index contributed by atoms with van der Waals surface area (Å²) in [4.78, 5) is 26.2. The van der Waals surface area contributed by atoms with Crippen LogP contribution in [0.5, 0.6) is 5.75 Å². The molecule has 1 amide bonds. The average Bonchev–Trinajstić information content (AvgIpc) is 2.89. The topological polar surface area (TPSA) is 46.6 Å². The van der Waals surface area contributed by atoms with Crippen LogP contribution < -0.4 is 4.74 Å². The van der Waals surface area contributed by atoms with Crippen LogP contribution in [0, 0.1) is 5.92 Å². The number of amides is 1. The molecule has 0 bridgehead atoms. The fourth-order valence-corrected chi connectivity index (χ4v) is 4.04. The highest BCUT2D eigenvalue weighted by Gasteiger charge is 2.44. The fraction of sp³-hybridized carbons (Fsp3) is 0.579. The lowest BCUT2D eigenvalue weighted by Gasteiger charge is -2.37. The molecule has 122 valence electrons. The molecule has 4 heteroatoms. The van der Waals surface area contributed by atoms with Gasteiger partial charge in [-0.25, -0.2) is 0 Å². The highest BCUT2D eigenvalue weighted by Crippen LogP contribution is 2.35. The number of rotatable bonds is 3. The monoisotopic (exact) mass is 313 g/mol. The first-order chi connectivity index (χ1) is 11.1. The Morgan fingerprint density at radius 1 is 1.13 bits per heavy atom. The van der Waals surface area contributed by atoms with Crippen LogP contribution in [0.3, 0.4) is 0 Å². The summed E-state index contributed by atoms with van der Waals surface area (Å²) in [6, 6.07) is 5.55. The number of carbonyl (C=O) groups is 2. The van der Waals surface area contributed by atoms with Gasteiger partial charge in [-0.15, -0.1) is 0 Å². The summed E-state index contributed by atoms with van der Waals surface area (Å²) < 4.78 is 6.09. The Kier molecular flexibility index (Phi) is 3.63. The van der Waals surface area contributed by atoms with Gasteiger partial charge in [0.1, 0.15) is 5.75 Å². The lowest BCUT2D eigenvalue weighted by atomic mass is 9.79. The molecule has 2 aliphatic carbocycles. The molecule has 3 aliphatic rings. The minimum Gasteiger partial charge on any atom is -0.490 e. The Morgan fingerprint density at radius 3 is 2.61 bits per heavy atom. The Labute approximate surface area is 136 Å². The lowest BCUT2D eigenvalue weighted by molar-refractivity contribution is -0.135. The van der Waals surface area contributed by atoms with E-state index in [-0.39, 0.29) is 23.7 Å². The van der Waals surface area contributed by atoms with Gasteiger partial charge in [-0.3, -0.25) is 9.59 Å². The predicted molar refractivity (Wildman–Crippen MR) is 86.4 cm³/mol. The van der Waals surface area contributed by atoms with E-state index in [4.69, 9.17) is 4.74 Å². The average molecular weight is 313 g/mol. The summed E-state index contributed by atoms with van der Waals surface area (Å²) in [6.07, 6.45) is 7.13. The second-order valence-electron chi connectivity index (χ2n) is 7.18. The molecule has 0 saturated heterocycles. The van der Waals surface area contributed by atoms with Gasteiger partial charge in [0.15, 0.2) is 5.78 Å². The van der Waals surface area contributed by atoms with E-state index in [2.05, 4.69) is 0 Å². The number of hydrogen-bond donors (Lipinski definition) is 0. The number of ether oxygens (including phenoxy) is 1. The molecule has 1 aromatic carbocycles. The molecule has 0 spiro atoms. The minimum absolute atomic E-state index is 0.00512. The predicted octanol–water partition coefficient (Wildman–Crippen LogP) is 3.33. The maximum absolute atomic E-state index is 12.5. The summed E-state index contributed by atoms with van der Waals surface area (Å²) in [5.74, 6) is 1.15. The van der Waals surface area contributed by atoms with E-state index >= 15 is 0 Å². The first-order valence-electron chi connectivity index (χ1n) is 8.78. The van der Waals surface area contributed by atoms with Crippen LogP contribution in [-0.2, 0) is 11.3 Å². The van der Waals surface area contributed by atoms with E-state index in [1.54, 1.807) is 4.90 Å². The smallest absolute Gasteiger partial charge is 0.255 e. The van der Waals surface area contributed by atoms with Crippen molar-refractivity contribution in [3.05, 3.63) is 29.3 Å². The van der Waals surface area contributed by atoms with Gasteiger partial charge in [-0.2, -0.15) is 0 Å². The van der Waals surface area contributed by atoms with Gasteiger partial charge in [0.05, 0.1) is 12.1 Å². The number of nitrogens with zero attached hydrogens (tertiary/aromatic N) is 1. The van der Waals surface area contributed by atoms with Crippen molar-refractivity contribution in [3.63, 3.8) is 0 Å². The maximum Gasteiger partial charge on any atom is 0.255 e. The Morgan fingerprint density at radius 2 is 1.91 bits per heavy atom. The summed E-state index contributed by atoms with van der Waals surface area (Å²) in [5, 5.41) is 0. The van der Waals surface area contributed by atoms with E-state index in [0.717, 1.165) is 36.1 Å². The van der Waals surface area contributed by atoms with Crippen LogP contribution >= 0.6 is 0 Å². The standard InChI is InChI=1S/C19H23NO3/c1-12-9-17(18(12)21)20-11-13-10-15(7-8-16(13)19(20)22)23-14-5-3-2-4-6-14/h7-8,10,12,14,17H,2-6,9,11H2,1H3. The van der Waals surface area contributed by atoms with E-state index in [0.29, 0.717) is 12.6 Å². The van der Waals surface area contributed by atoms with Gasteiger partial charge >= 0.3 is 0 Å². The van der Waals surface area contributed by atoms with Gasteiger partial charge < -0.3 is 9.64 Å². The van der Waals surface area contributed by atoms with Crippen molar-refractivity contribution in [1.82, 2.24) is 4.90 Å². The van der Waals surface area contributed by atoms with Gasteiger partial charge in [-0.1, -0.05) is 13.3 Å². The molecule has 1 aliphatic heterocycles. The van der Waals surface area contributed by atoms with Crippen molar-refractivity contribution >= 4 is 11.7 Å². The second-order valence-corrected chi connectivity index (χ2v) is 7.18. The van der Waals surface area contributed by atoms with Crippen LogP contribution in [0.2, 0.25) is 0 Å². The van der Waals surface area contributed by atoms with Crippen LogP contribution in [0.1, 0.15) is 61.4 Å². The molecule has 23 heavy (non-hydrogen) atoms. The Hall–Kier alpha value is -1.84. The number of benzene rings is 1. The highest BCUT2D eigenvalue weighted by atomic mass is 16.5. The van der Waals surface area contributed by atoms with Crippen LogP contribution in [0.25, 0.3) is 0 Å². The number of hydrogen-bond acceptors (Lipinski definition) is 3. The molecule has 2 atom stereocenters. The summed E-state index contributed by atoms with van der Waals surface area (Å²) in [5.41, 5.74) is 1.73. The molecule has 4 rings (SSSR count). The molecular weight excluding hydrogens is 290 g/mol. The molecule has 2 saturated carbocycles. The van der Waals surface area contributed by atoms with Gasteiger partial charge in [0, 0.05) is 18.0 Å². The van der Waals surface area contributed by atoms with Crippen molar-refractivity contribution < 1.29 is 14.3 Å². The summed E-state index contributed by atoms with van der Waals surface area (Å²) >= 11 is 0. The molecule has 2 unspecified atom stereocenters. The van der Waals surface area contributed by atoms with Crippen LogP contribution in [0.4, 0.5) is 0 Å². The highest BCUT2D eigenvalue weighted by molar-refractivity contribution is 6.03. The van der Waals surface area contributed by atoms with Crippen molar-refractivity contribution in [2.75, 3.05) is 0 Å². The third-order valence-electron chi connectivity index (χ3n) is 5.53. The number of fused-ring (bicyclic) bond motifs is 1. The van der Waals surface area contributed by atoms with E-state index in [1.165, 1.54) is 19.3 Å². The summed E-state index contributed by atoms with van der Waals surface area (Å²) in [6.45, 7) is 2.47. The SMILES string of the molecule is CC1CC(N2Cc3cc(OC4CCCCC4)ccc3C2=O)C1=O. The van der Waals surface area contributed by atoms with Crippen molar-refractivity contribution in [1.29, 1.82) is 0 Å². The first-order valence-corrected chi connectivity index (χ1v) is 8.78. The first kappa shape index (κ1) is 14.7. The molecular formula is C19H23NO3. The zero-order valence-corrected chi connectivity index (χ0v) is 13.6. The normalized spacial score (nSPS) is 27.8. The fourth-order valence-electron chi connectivity index (χ4n) is 4.04. The Balaban J connectivity index is 1.48. The molecule has 0 N–H and O–H groups in total. The van der Waals surface area contributed by atoms with Crippen molar-refractivity contribution in [3.8, 4) is 5.75 Å². The molecule has 0 aromatic heterocycles. The third-order valence-corrected chi connectivity index (χ3v) is 5.53. The van der Waals surface area contributed by atoms with Crippen molar-refractivity contribution in [2.45, 2.75) is 64.1 Å². The van der Waals surface area contributed by atoms with E-state index < -0.39 is 0 Å². The largest absolute Gasteiger partial charge is 0.490 e. The van der Waals surface area contributed by atoms with Crippen molar-refractivity contribution in [2.24, 2.45) is 5.92 Å². The molecule has 1 heterocycles. The number of ketones is 1. The molecule has 2 fully saturated rings. The third kappa shape index (κ3) is 2.54. The van der Waals surface area contributed by atoms with Crippen LogP contribution in [-0.4, -0.2) is 28.7 Å². The lowest BCUT2D eigenvalue weighted by Crippen LogP contribution is -2.52. The molecule has 4 nitrogen and oxygen atoms in total. The Bertz CT molecular complexity index is 648. The number of carbonyl (C=O) groups excluding carboxylic acids is 2. The summed E-state index contributed by atoms with van der Waals surface area (Å²) in [7, 11) is 0. The zero-order chi connectivity index (χ0) is 16.0. The minimum atomic E-state index is -0.215. The van der Waals surface area contributed by atoms with E-state index in [1.807, 2.05) is 25.1 Å². The van der Waals surface area contributed by atoms with Gasteiger partial charge in [-0.05, 0) is 55.9 Å². The zero-order valence-electron chi connectivity index (χ0n) is 13.6.